The zero-order valence-corrected chi connectivity index (χ0v) is 17.3. The van der Waals surface area contributed by atoms with Crippen LogP contribution in [0.2, 0.25) is 0 Å². The van der Waals surface area contributed by atoms with Crippen LogP contribution in [0, 0.1) is 0 Å². The minimum absolute atomic E-state index is 0.300. The van der Waals surface area contributed by atoms with E-state index < -0.39 is 5.97 Å². The first-order chi connectivity index (χ1) is 14.1. The van der Waals surface area contributed by atoms with Crippen LogP contribution in [0.3, 0.4) is 0 Å². The van der Waals surface area contributed by atoms with Gasteiger partial charge in [-0.3, -0.25) is 0 Å². The Kier molecular flexibility index (Phi) is 7.17. The Morgan fingerprint density at radius 3 is 2.38 bits per heavy atom. The summed E-state index contributed by atoms with van der Waals surface area (Å²) in [4.78, 5) is 16.0. The summed E-state index contributed by atoms with van der Waals surface area (Å²) >= 11 is 0. The molecule has 0 amide bonds. The first-order valence-corrected chi connectivity index (χ1v) is 10.5. The zero-order chi connectivity index (χ0) is 20.6. The molecule has 0 unspecified atom stereocenters. The second-order valence-corrected chi connectivity index (χ2v) is 7.39. The second-order valence-electron chi connectivity index (χ2n) is 7.39. The minimum atomic E-state index is -0.909. The van der Waals surface area contributed by atoms with Crippen LogP contribution in [0.15, 0.2) is 48.5 Å². The molecule has 0 spiro atoms. The third kappa shape index (κ3) is 5.53. The number of rotatable bonds is 10. The van der Waals surface area contributed by atoms with Crippen LogP contribution in [0.4, 0.5) is 0 Å². The summed E-state index contributed by atoms with van der Waals surface area (Å²) in [6.07, 6.45) is 6.40. The Morgan fingerprint density at radius 2 is 1.69 bits per heavy atom. The Labute approximate surface area is 172 Å². The molecule has 0 saturated heterocycles. The van der Waals surface area contributed by atoms with Crippen LogP contribution < -0.4 is 0 Å². The van der Waals surface area contributed by atoms with Gasteiger partial charge in [-0.2, -0.15) is 5.10 Å². The van der Waals surface area contributed by atoms with Crippen molar-refractivity contribution in [3.8, 4) is 11.1 Å². The van der Waals surface area contributed by atoms with E-state index in [0.29, 0.717) is 12.1 Å². The summed E-state index contributed by atoms with van der Waals surface area (Å²) < 4.78 is 2.04. The van der Waals surface area contributed by atoms with Gasteiger partial charge in [-0.1, -0.05) is 63.1 Å². The molecule has 0 radical (unpaired) electrons. The number of aryl methyl sites for hydroxylation is 2. The number of carbonyl (C=O) groups is 1. The van der Waals surface area contributed by atoms with E-state index in [1.54, 1.807) is 18.2 Å². The van der Waals surface area contributed by atoms with Crippen LogP contribution >= 0.6 is 0 Å². The van der Waals surface area contributed by atoms with Crippen molar-refractivity contribution in [1.29, 1.82) is 0 Å². The summed E-state index contributed by atoms with van der Waals surface area (Å²) in [5.74, 6) is 1.10. The van der Waals surface area contributed by atoms with Crippen LogP contribution in [-0.4, -0.2) is 25.8 Å². The predicted molar refractivity (Wildman–Crippen MR) is 115 cm³/mol. The number of hydrogen-bond acceptors (Lipinski definition) is 3. The van der Waals surface area contributed by atoms with E-state index in [4.69, 9.17) is 10.1 Å². The lowest BCUT2D eigenvalue weighted by atomic mass is 10.0. The molecule has 0 fully saturated rings. The zero-order valence-electron chi connectivity index (χ0n) is 17.3. The highest BCUT2D eigenvalue weighted by Gasteiger charge is 2.11. The van der Waals surface area contributed by atoms with E-state index in [0.717, 1.165) is 66.9 Å². The van der Waals surface area contributed by atoms with Gasteiger partial charge in [0.2, 0.25) is 0 Å². The highest BCUT2D eigenvalue weighted by atomic mass is 16.4. The van der Waals surface area contributed by atoms with Gasteiger partial charge in [0.25, 0.3) is 0 Å². The van der Waals surface area contributed by atoms with Crippen LogP contribution in [-0.2, 0) is 19.4 Å². The number of benzene rings is 2. The van der Waals surface area contributed by atoms with Gasteiger partial charge < -0.3 is 5.11 Å². The van der Waals surface area contributed by atoms with Gasteiger partial charge >= 0.3 is 5.97 Å². The molecular formula is C24H29N3O2. The normalized spacial score (nSPS) is 11.0. The molecule has 152 valence electrons. The molecule has 5 nitrogen and oxygen atoms in total. The molecule has 5 heteroatoms. The monoisotopic (exact) mass is 391 g/mol. The van der Waals surface area contributed by atoms with Crippen molar-refractivity contribution in [2.75, 3.05) is 0 Å². The molecule has 2 aromatic carbocycles. The van der Waals surface area contributed by atoms with Gasteiger partial charge in [-0.25, -0.2) is 14.5 Å². The predicted octanol–water partition coefficient (Wildman–Crippen LogP) is 5.38. The molecule has 3 rings (SSSR count). The summed E-state index contributed by atoms with van der Waals surface area (Å²) in [6.45, 7) is 5.08. The summed E-state index contributed by atoms with van der Waals surface area (Å²) in [7, 11) is 0. The molecule has 1 N–H and O–H groups in total. The van der Waals surface area contributed by atoms with Gasteiger partial charge in [0.15, 0.2) is 5.82 Å². The maximum absolute atomic E-state index is 11.2. The van der Waals surface area contributed by atoms with Crippen molar-refractivity contribution in [3.63, 3.8) is 0 Å². The van der Waals surface area contributed by atoms with Gasteiger partial charge in [-0.05, 0) is 41.7 Å². The van der Waals surface area contributed by atoms with Crippen LogP contribution in [0.5, 0.6) is 0 Å². The average Bonchev–Trinajstić information content (AvgIpc) is 3.12. The topological polar surface area (TPSA) is 68.0 Å². The molecule has 0 aliphatic rings. The molecule has 0 bridgehead atoms. The molecule has 0 aliphatic heterocycles. The lowest BCUT2D eigenvalue weighted by Crippen LogP contribution is -2.07. The maximum Gasteiger partial charge on any atom is 0.335 e. The Bertz CT molecular complexity index is 945. The first kappa shape index (κ1) is 20.8. The summed E-state index contributed by atoms with van der Waals surface area (Å²) in [5, 5.41) is 13.9. The average molecular weight is 392 g/mol. The quantitative estimate of drug-likeness (QED) is 0.504. The van der Waals surface area contributed by atoms with Crippen molar-refractivity contribution in [2.45, 2.75) is 58.9 Å². The van der Waals surface area contributed by atoms with Crippen molar-refractivity contribution in [3.05, 3.63) is 71.3 Å². The largest absolute Gasteiger partial charge is 0.478 e. The molecule has 0 atom stereocenters. The molecule has 0 saturated carbocycles. The number of hydrogen-bond donors (Lipinski definition) is 1. The van der Waals surface area contributed by atoms with Gasteiger partial charge in [0, 0.05) is 12.8 Å². The molecule has 29 heavy (non-hydrogen) atoms. The fraction of sp³-hybridized carbons (Fsp3) is 0.375. The fourth-order valence-electron chi connectivity index (χ4n) is 3.32. The van der Waals surface area contributed by atoms with Gasteiger partial charge in [0.1, 0.15) is 5.82 Å². The van der Waals surface area contributed by atoms with Crippen LogP contribution in [0.25, 0.3) is 11.1 Å². The highest BCUT2D eigenvalue weighted by Crippen LogP contribution is 2.21. The number of unbranched alkanes of at least 4 members (excludes halogenated alkanes) is 2. The molecule has 1 heterocycles. The number of aromatic carboxylic acids is 1. The van der Waals surface area contributed by atoms with E-state index >= 15 is 0 Å². The van der Waals surface area contributed by atoms with Crippen molar-refractivity contribution < 1.29 is 9.90 Å². The van der Waals surface area contributed by atoms with Crippen molar-refractivity contribution >= 4 is 5.97 Å². The van der Waals surface area contributed by atoms with E-state index in [1.165, 1.54) is 0 Å². The van der Waals surface area contributed by atoms with Crippen LogP contribution in [0.1, 0.15) is 67.1 Å². The van der Waals surface area contributed by atoms with Crippen molar-refractivity contribution in [1.82, 2.24) is 14.8 Å². The molecule has 0 aliphatic carbocycles. The number of carboxylic acid groups (broad SMARTS) is 1. The van der Waals surface area contributed by atoms with E-state index in [9.17, 15) is 9.90 Å². The standard InChI is InChI=1S/C24H29N3O2/c1-3-5-10-22-25-23(11-6-4-2)27(26-22)17-18-12-14-19(15-13-18)20-8-7-9-21(16-20)24(28)29/h7-9,12-16H,3-6,10-11,17H2,1-2H3,(H,28,29). The smallest absolute Gasteiger partial charge is 0.335 e. The van der Waals surface area contributed by atoms with Crippen molar-refractivity contribution in [2.24, 2.45) is 0 Å². The molecule has 3 aromatic rings. The Morgan fingerprint density at radius 1 is 0.966 bits per heavy atom. The third-order valence-electron chi connectivity index (χ3n) is 5.03. The lowest BCUT2D eigenvalue weighted by Gasteiger charge is -2.08. The minimum Gasteiger partial charge on any atom is -0.478 e. The third-order valence-corrected chi connectivity index (χ3v) is 5.03. The molecular weight excluding hydrogens is 362 g/mol. The molecule has 1 aromatic heterocycles. The number of aromatic nitrogens is 3. The Hall–Kier alpha value is -2.95. The summed E-state index contributed by atoms with van der Waals surface area (Å²) in [5.41, 5.74) is 3.37. The van der Waals surface area contributed by atoms with E-state index in [2.05, 4.69) is 26.0 Å². The maximum atomic E-state index is 11.2. The van der Waals surface area contributed by atoms with Gasteiger partial charge in [0.05, 0.1) is 12.1 Å². The lowest BCUT2D eigenvalue weighted by molar-refractivity contribution is 0.0697. The first-order valence-electron chi connectivity index (χ1n) is 10.5. The number of carboxylic acids is 1. The van der Waals surface area contributed by atoms with E-state index in [1.807, 2.05) is 22.9 Å². The SMILES string of the molecule is CCCCc1nc(CCCC)n(Cc2ccc(-c3cccc(C(=O)O)c3)cc2)n1. The summed E-state index contributed by atoms with van der Waals surface area (Å²) in [6, 6.07) is 15.3. The fourth-order valence-corrected chi connectivity index (χ4v) is 3.32. The number of nitrogens with zero attached hydrogens (tertiary/aromatic N) is 3. The highest BCUT2D eigenvalue weighted by molar-refractivity contribution is 5.89. The Balaban J connectivity index is 1.77. The van der Waals surface area contributed by atoms with Gasteiger partial charge in [-0.15, -0.1) is 0 Å². The second kappa shape index (κ2) is 10.0. The van der Waals surface area contributed by atoms with E-state index in [-0.39, 0.29) is 0 Å².